The largest absolute Gasteiger partial charge is 0.507 e. The average Bonchev–Trinajstić information content (AvgIpc) is 2.37. The van der Waals surface area contributed by atoms with Crippen LogP contribution in [0.15, 0.2) is 0 Å². The molecule has 7 heteroatoms. The molecule has 6 nitrogen and oxygen atoms in total. The minimum absolute atomic E-state index is 0.163. The number of phenolic OH excluding ortho intramolecular Hbond substituents is 2. The molecular formula is C13H13ClO6. The molecule has 20 heavy (non-hydrogen) atoms. The Morgan fingerprint density at radius 2 is 1.25 bits per heavy atom. The number of phenols is 2. The lowest BCUT2D eigenvalue weighted by Crippen LogP contribution is -2.62. The predicted octanol–water partition coefficient (Wildman–Crippen LogP) is 0.772. The summed E-state index contributed by atoms with van der Waals surface area (Å²) in [7, 11) is 0. The average molecular weight is 301 g/mol. The Bertz CT molecular complexity index is 603. The third-order valence-electron chi connectivity index (χ3n) is 3.85. The molecule has 0 saturated heterocycles. The number of ketones is 2. The lowest BCUT2D eigenvalue weighted by atomic mass is 9.75. The molecule has 1 aliphatic carbocycles. The van der Waals surface area contributed by atoms with Gasteiger partial charge in [-0.25, -0.2) is 0 Å². The molecule has 0 heterocycles. The van der Waals surface area contributed by atoms with Crippen molar-refractivity contribution in [2.45, 2.75) is 31.4 Å². The SMILES string of the molecule is Cc1c(C)c(O)c2c(c1O)C(=O)C(O)(O)C(C)(Cl)C2=O. The molecule has 0 radical (unpaired) electrons. The van der Waals surface area contributed by atoms with Crippen LogP contribution >= 0.6 is 11.6 Å². The van der Waals surface area contributed by atoms with Crippen molar-refractivity contribution in [2.75, 3.05) is 0 Å². The first-order valence-corrected chi connectivity index (χ1v) is 6.12. The second-order valence-corrected chi connectivity index (χ2v) is 5.79. The molecule has 1 aliphatic rings. The van der Waals surface area contributed by atoms with Crippen molar-refractivity contribution in [2.24, 2.45) is 0 Å². The quantitative estimate of drug-likeness (QED) is 0.320. The zero-order chi connectivity index (χ0) is 15.6. The van der Waals surface area contributed by atoms with Crippen LogP contribution in [-0.2, 0) is 0 Å². The summed E-state index contributed by atoms with van der Waals surface area (Å²) in [6.07, 6.45) is 0. The molecule has 0 aromatic heterocycles. The van der Waals surface area contributed by atoms with Crippen LogP contribution in [0.5, 0.6) is 11.5 Å². The molecule has 1 aromatic carbocycles. The Morgan fingerprint density at radius 3 is 1.65 bits per heavy atom. The number of aromatic hydroxyl groups is 2. The zero-order valence-electron chi connectivity index (χ0n) is 11.0. The number of carbonyl (C=O) groups excluding carboxylic acids is 2. The maximum Gasteiger partial charge on any atom is 0.256 e. The fourth-order valence-corrected chi connectivity index (χ4v) is 2.37. The normalized spacial score (nSPS) is 24.7. The summed E-state index contributed by atoms with van der Waals surface area (Å²) >= 11 is 5.79. The lowest BCUT2D eigenvalue weighted by Gasteiger charge is -2.38. The number of carbonyl (C=O) groups is 2. The molecule has 0 bridgehead atoms. The van der Waals surface area contributed by atoms with E-state index in [9.17, 15) is 30.0 Å². The first-order chi connectivity index (χ1) is 8.96. The van der Waals surface area contributed by atoms with E-state index in [1.54, 1.807) is 0 Å². The summed E-state index contributed by atoms with van der Waals surface area (Å²) in [5.74, 6) is -6.64. The summed E-state index contributed by atoms with van der Waals surface area (Å²) in [5.41, 5.74) is -0.750. The number of fused-ring (bicyclic) bond motifs is 1. The maximum absolute atomic E-state index is 12.3. The maximum atomic E-state index is 12.3. The monoisotopic (exact) mass is 300 g/mol. The predicted molar refractivity (Wildman–Crippen MR) is 69.3 cm³/mol. The van der Waals surface area contributed by atoms with Crippen LogP contribution in [0.2, 0.25) is 0 Å². The van der Waals surface area contributed by atoms with Crippen molar-refractivity contribution in [1.29, 1.82) is 0 Å². The van der Waals surface area contributed by atoms with Gasteiger partial charge in [-0.05, 0) is 31.9 Å². The van der Waals surface area contributed by atoms with E-state index in [4.69, 9.17) is 11.6 Å². The first kappa shape index (κ1) is 14.8. The lowest BCUT2D eigenvalue weighted by molar-refractivity contribution is -0.137. The summed E-state index contributed by atoms with van der Waals surface area (Å²) in [4.78, 5) is 22.0. The number of benzene rings is 1. The Kier molecular flexibility index (Phi) is 2.91. The molecule has 4 N–H and O–H groups in total. The summed E-state index contributed by atoms with van der Waals surface area (Å²) in [5, 5.41) is 39.7. The molecule has 0 aliphatic heterocycles. The number of halogens is 1. The second-order valence-electron chi connectivity index (χ2n) is 5.03. The van der Waals surface area contributed by atoms with Crippen LogP contribution in [-0.4, -0.2) is 42.7 Å². The van der Waals surface area contributed by atoms with Gasteiger partial charge >= 0.3 is 0 Å². The van der Waals surface area contributed by atoms with Gasteiger partial charge in [0.25, 0.3) is 5.79 Å². The molecule has 0 fully saturated rings. The molecular weight excluding hydrogens is 288 g/mol. The van der Waals surface area contributed by atoms with Gasteiger partial charge < -0.3 is 20.4 Å². The summed E-state index contributed by atoms with van der Waals surface area (Å²) in [6, 6.07) is 0. The van der Waals surface area contributed by atoms with Gasteiger partial charge in [-0.2, -0.15) is 0 Å². The van der Waals surface area contributed by atoms with Gasteiger partial charge in [0, 0.05) is 0 Å². The van der Waals surface area contributed by atoms with Crippen LogP contribution in [0.3, 0.4) is 0 Å². The summed E-state index contributed by atoms with van der Waals surface area (Å²) < 4.78 is 0. The molecule has 2 rings (SSSR count). The highest BCUT2D eigenvalue weighted by atomic mass is 35.5. The first-order valence-electron chi connectivity index (χ1n) is 5.74. The number of Topliss-reactive ketones (excluding diaryl/α,β-unsaturated/α-hetero) is 2. The van der Waals surface area contributed by atoms with Gasteiger partial charge in [0.2, 0.25) is 5.78 Å². The molecule has 1 aromatic rings. The number of rotatable bonds is 0. The van der Waals surface area contributed by atoms with Gasteiger partial charge in [-0.15, -0.1) is 11.6 Å². The van der Waals surface area contributed by atoms with E-state index in [2.05, 4.69) is 0 Å². The fourth-order valence-electron chi connectivity index (χ4n) is 2.19. The molecule has 1 unspecified atom stereocenters. The van der Waals surface area contributed by atoms with E-state index in [1.165, 1.54) is 13.8 Å². The van der Waals surface area contributed by atoms with Crippen molar-refractivity contribution in [3.63, 3.8) is 0 Å². The van der Waals surface area contributed by atoms with Crippen LogP contribution in [0.4, 0.5) is 0 Å². The number of hydrogen-bond acceptors (Lipinski definition) is 6. The van der Waals surface area contributed by atoms with Gasteiger partial charge in [-0.1, -0.05) is 0 Å². The van der Waals surface area contributed by atoms with Crippen molar-refractivity contribution in [1.82, 2.24) is 0 Å². The minimum atomic E-state index is -3.18. The van der Waals surface area contributed by atoms with E-state index < -0.39 is 44.9 Å². The van der Waals surface area contributed by atoms with Crippen LogP contribution in [0, 0.1) is 13.8 Å². The van der Waals surface area contributed by atoms with Crippen molar-refractivity contribution in [3.05, 3.63) is 22.3 Å². The molecule has 0 amide bonds. The third-order valence-corrected chi connectivity index (χ3v) is 4.28. The highest BCUT2D eigenvalue weighted by molar-refractivity contribution is 6.44. The van der Waals surface area contributed by atoms with E-state index in [0.717, 1.165) is 6.92 Å². The van der Waals surface area contributed by atoms with Crippen LogP contribution < -0.4 is 0 Å². The van der Waals surface area contributed by atoms with Crippen molar-refractivity contribution < 1.29 is 30.0 Å². The zero-order valence-corrected chi connectivity index (χ0v) is 11.7. The fraction of sp³-hybridized carbons (Fsp3) is 0.385. The van der Waals surface area contributed by atoms with Crippen molar-refractivity contribution in [3.8, 4) is 11.5 Å². The number of hydrogen-bond donors (Lipinski definition) is 4. The smallest absolute Gasteiger partial charge is 0.256 e. The van der Waals surface area contributed by atoms with E-state index in [0.29, 0.717) is 0 Å². The Morgan fingerprint density at radius 1 is 0.900 bits per heavy atom. The van der Waals surface area contributed by atoms with E-state index >= 15 is 0 Å². The summed E-state index contributed by atoms with van der Waals surface area (Å²) in [6.45, 7) is 3.84. The highest BCUT2D eigenvalue weighted by Gasteiger charge is 2.62. The van der Waals surface area contributed by atoms with Gasteiger partial charge in [0.1, 0.15) is 11.5 Å². The topological polar surface area (TPSA) is 115 Å². The molecule has 0 spiro atoms. The third kappa shape index (κ3) is 1.47. The van der Waals surface area contributed by atoms with E-state index in [-0.39, 0.29) is 11.1 Å². The minimum Gasteiger partial charge on any atom is -0.507 e. The second kappa shape index (κ2) is 3.94. The van der Waals surface area contributed by atoms with Gasteiger partial charge in [0.15, 0.2) is 10.7 Å². The molecule has 1 atom stereocenters. The standard InChI is InChI=1S/C13H13ClO6/c1-4-5(2)9(16)7-6(8(4)15)10(17)12(3,14)13(19,20)11(7)18/h15-16,19-20H,1-3H3. The van der Waals surface area contributed by atoms with Crippen LogP contribution in [0.25, 0.3) is 0 Å². The number of aliphatic hydroxyl groups is 2. The molecule has 0 saturated carbocycles. The molecule has 108 valence electrons. The van der Waals surface area contributed by atoms with E-state index in [1.807, 2.05) is 0 Å². The number of alkyl halides is 1. The highest BCUT2D eigenvalue weighted by Crippen LogP contribution is 2.47. The van der Waals surface area contributed by atoms with Gasteiger partial charge in [0.05, 0.1) is 11.1 Å². The van der Waals surface area contributed by atoms with Gasteiger partial charge in [-0.3, -0.25) is 9.59 Å². The Hall–Kier alpha value is -1.63. The Balaban J connectivity index is 2.99. The van der Waals surface area contributed by atoms with Crippen molar-refractivity contribution >= 4 is 23.2 Å². The van der Waals surface area contributed by atoms with Crippen LogP contribution in [0.1, 0.15) is 38.8 Å². The Labute approximate surface area is 119 Å².